The Bertz CT molecular complexity index is 1210. The summed E-state index contributed by atoms with van der Waals surface area (Å²) in [5.41, 5.74) is 8.38. The smallest absolute Gasteiger partial charge is 0.165 e. The molecule has 1 N–H and O–H groups in total. The van der Waals surface area contributed by atoms with E-state index in [0.717, 1.165) is 44.5 Å². The third-order valence-corrected chi connectivity index (χ3v) is 5.73. The first-order valence-corrected chi connectivity index (χ1v) is 10.3. The zero-order valence-corrected chi connectivity index (χ0v) is 17.9. The summed E-state index contributed by atoms with van der Waals surface area (Å²) >= 11 is 0. The van der Waals surface area contributed by atoms with Gasteiger partial charge in [-0.1, -0.05) is 54.6 Å². The lowest BCUT2D eigenvalue weighted by Gasteiger charge is -2.18. The van der Waals surface area contributed by atoms with E-state index < -0.39 is 0 Å². The van der Waals surface area contributed by atoms with Crippen LogP contribution in [0.5, 0.6) is 11.5 Å². The fourth-order valence-corrected chi connectivity index (χ4v) is 3.98. The highest BCUT2D eigenvalue weighted by Crippen LogP contribution is 2.37. The number of hydrogen-bond acceptors (Lipinski definition) is 2. The number of rotatable bonds is 5. The second-order valence-electron chi connectivity index (χ2n) is 7.83. The summed E-state index contributed by atoms with van der Waals surface area (Å²) in [6.45, 7) is 6.54. The first-order chi connectivity index (χ1) is 14.9. The summed E-state index contributed by atoms with van der Waals surface area (Å²) in [6.07, 6.45) is 0. The molecule has 0 radical (unpaired) electrons. The second kappa shape index (κ2) is 8.65. The molecule has 0 aliphatic rings. The van der Waals surface area contributed by atoms with Gasteiger partial charge in [0.15, 0.2) is 11.6 Å². The van der Waals surface area contributed by atoms with Crippen molar-refractivity contribution < 1.29 is 14.2 Å². The summed E-state index contributed by atoms with van der Waals surface area (Å²) in [5, 5.41) is 9.60. The van der Waals surface area contributed by atoms with Crippen molar-refractivity contribution in [3.05, 3.63) is 107 Å². The average Bonchev–Trinajstić information content (AvgIpc) is 2.77. The average molecular weight is 413 g/mol. The van der Waals surface area contributed by atoms with Crippen LogP contribution in [0.2, 0.25) is 0 Å². The van der Waals surface area contributed by atoms with Crippen LogP contribution in [0.4, 0.5) is 4.39 Å². The number of aromatic hydroxyl groups is 1. The summed E-state index contributed by atoms with van der Waals surface area (Å²) in [6, 6.07) is 24.2. The highest BCUT2D eigenvalue weighted by molar-refractivity contribution is 5.80. The Labute approximate surface area is 182 Å². The van der Waals surface area contributed by atoms with E-state index in [9.17, 15) is 9.50 Å². The minimum absolute atomic E-state index is 0.248. The van der Waals surface area contributed by atoms with E-state index in [-0.39, 0.29) is 17.3 Å². The van der Waals surface area contributed by atoms with Crippen LogP contribution in [0.3, 0.4) is 0 Å². The molecule has 0 aliphatic heterocycles. The number of phenolic OH excluding ortho intramolecular Hbond substituents is 1. The molecule has 0 heterocycles. The van der Waals surface area contributed by atoms with Crippen LogP contribution in [-0.2, 0) is 6.61 Å². The number of hydrogen-bond donors (Lipinski definition) is 1. The molecule has 0 fully saturated rings. The van der Waals surface area contributed by atoms with Gasteiger partial charge in [0.25, 0.3) is 0 Å². The molecular formula is C28H25FO2. The Hall–Kier alpha value is -3.59. The molecule has 0 atom stereocenters. The number of halogens is 1. The van der Waals surface area contributed by atoms with Crippen molar-refractivity contribution >= 4 is 0 Å². The fraction of sp³-hybridized carbons (Fsp3) is 0.143. The van der Waals surface area contributed by atoms with Gasteiger partial charge in [0.1, 0.15) is 12.4 Å². The van der Waals surface area contributed by atoms with Gasteiger partial charge in [0, 0.05) is 0 Å². The lowest BCUT2D eigenvalue weighted by Crippen LogP contribution is -1.99. The van der Waals surface area contributed by atoms with Gasteiger partial charge in [-0.25, -0.2) is 4.39 Å². The highest BCUT2D eigenvalue weighted by atomic mass is 19.1. The van der Waals surface area contributed by atoms with Crippen molar-refractivity contribution in [3.8, 4) is 33.8 Å². The van der Waals surface area contributed by atoms with Gasteiger partial charge in [-0.15, -0.1) is 0 Å². The second-order valence-corrected chi connectivity index (χ2v) is 7.83. The maximum absolute atomic E-state index is 14.8. The van der Waals surface area contributed by atoms with Gasteiger partial charge in [-0.05, 0) is 89.5 Å². The Morgan fingerprint density at radius 2 is 1.45 bits per heavy atom. The molecule has 0 spiro atoms. The van der Waals surface area contributed by atoms with Crippen molar-refractivity contribution in [2.24, 2.45) is 0 Å². The number of benzene rings is 4. The molecule has 4 aromatic carbocycles. The van der Waals surface area contributed by atoms with Gasteiger partial charge < -0.3 is 9.84 Å². The van der Waals surface area contributed by atoms with Gasteiger partial charge in [0.2, 0.25) is 0 Å². The third kappa shape index (κ3) is 4.31. The summed E-state index contributed by atoms with van der Waals surface area (Å²) in [7, 11) is 0. The minimum atomic E-state index is -0.370. The Balaban J connectivity index is 1.65. The van der Waals surface area contributed by atoms with Gasteiger partial charge in [0.05, 0.1) is 0 Å². The van der Waals surface area contributed by atoms with Crippen LogP contribution < -0.4 is 4.74 Å². The van der Waals surface area contributed by atoms with E-state index in [4.69, 9.17) is 4.74 Å². The number of aryl methyl sites for hydroxylation is 1. The predicted octanol–water partition coefficient (Wildman–Crippen LogP) is 7.37. The highest BCUT2D eigenvalue weighted by Gasteiger charge is 2.15. The largest absolute Gasteiger partial charge is 0.508 e. The molecule has 31 heavy (non-hydrogen) atoms. The fourth-order valence-electron chi connectivity index (χ4n) is 3.98. The first kappa shape index (κ1) is 20.7. The number of phenols is 1. The Kier molecular flexibility index (Phi) is 5.77. The topological polar surface area (TPSA) is 29.5 Å². The van der Waals surface area contributed by atoms with E-state index >= 15 is 0 Å². The molecule has 0 aliphatic carbocycles. The van der Waals surface area contributed by atoms with Gasteiger partial charge in [-0.2, -0.15) is 0 Å². The molecule has 2 nitrogen and oxygen atoms in total. The maximum atomic E-state index is 14.8. The third-order valence-electron chi connectivity index (χ3n) is 5.73. The van der Waals surface area contributed by atoms with Crippen LogP contribution in [0, 0.1) is 26.6 Å². The van der Waals surface area contributed by atoms with Crippen molar-refractivity contribution in [2.45, 2.75) is 27.4 Å². The molecule has 4 rings (SSSR count). The molecule has 0 saturated heterocycles. The SMILES string of the molecule is Cc1cc(-c2ccc(OCc3ccccc3)c(F)c2)c(C)c(C)c1-c1ccc(O)cc1. The van der Waals surface area contributed by atoms with Crippen LogP contribution in [0.25, 0.3) is 22.3 Å². The van der Waals surface area contributed by atoms with E-state index in [1.165, 1.54) is 0 Å². The zero-order chi connectivity index (χ0) is 22.0. The molecule has 0 unspecified atom stereocenters. The van der Waals surface area contributed by atoms with Gasteiger partial charge >= 0.3 is 0 Å². The van der Waals surface area contributed by atoms with Crippen molar-refractivity contribution in [1.29, 1.82) is 0 Å². The lowest BCUT2D eigenvalue weighted by molar-refractivity contribution is 0.290. The monoisotopic (exact) mass is 412 g/mol. The van der Waals surface area contributed by atoms with Gasteiger partial charge in [-0.3, -0.25) is 0 Å². The van der Waals surface area contributed by atoms with E-state index in [0.29, 0.717) is 6.61 Å². The number of ether oxygens (including phenoxy) is 1. The van der Waals surface area contributed by atoms with E-state index in [1.807, 2.05) is 48.5 Å². The molecular weight excluding hydrogens is 387 g/mol. The summed E-state index contributed by atoms with van der Waals surface area (Å²) in [4.78, 5) is 0. The Morgan fingerprint density at radius 1 is 0.774 bits per heavy atom. The molecule has 0 amide bonds. The van der Waals surface area contributed by atoms with E-state index in [1.54, 1.807) is 24.3 Å². The molecule has 0 aromatic heterocycles. The first-order valence-electron chi connectivity index (χ1n) is 10.3. The maximum Gasteiger partial charge on any atom is 0.165 e. The Morgan fingerprint density at radius 3 is 2.13 bits per heavy atom. The van der Waals surface area contributed by atoms with Crippen LogP contribution in [0.15, 0.2) is 78.9 Å². The normalized spacial score (nSPS) is 10.8. The van der Waals surface area contributed by atoms with Crippen molar-refractivity contribution in [2.75, 3.05) is 0 Å². The molecule has 156 valence electrons. The van der Waals surface area contributed by atoms with Crippen LogP contribution in [0.1, 0.15) is 22.3 Å². The standard InChI is InChI=1S/C28H25FO2/c1-18-15-25(19(2)20(3)28(18)22-9-12-24(30)13-10-22)23-11-14-27(26(29)16-23)31-17-21-7-5-4-6-8-21/h4-16,30H,17H2,1-3H3. The summed E-state index contributed by atoms with van der Waals surface area (Å²) < 4.78 is 20.5. The summed E-state index contributed by atoms with van der Waals surface area (Å²) in [5.74, 6) is 0.127. The zero-order valence-electron chi connectivity index (χ0n) is 17.9. The molecule has 3 heteroatoms. The quantitative estimate of drug-likeness (QED) is 0.371. The minimum Gasteiger partial charge on any atom is -0.508 e. The van der Waals surface area contributed by atoms with Crippen LogP contribution in [-0.4, -0.2) is 5.11 Å². The van der Waals surface area contributed by atoms with E-state index in [2.05, 4.69) is 26.8 Å². The van der Waals surface area contributed by atoms with Crippen molar-refractivity contribution in [3.63, 3.8) is 0 Å². The predicted molar refractivity (Wildman–Crippen MR) is 124 cm³/mol. The van der Waals surface area contributed by atoms with Crippen LogP contribution >= 0.6 is 0 Å². The molecule has 0 bridgehead atoms. The lowest BCUT2D eigenvalue weighted by atomic mass is 9.87. The molecule has 4 aromatic rings. The molecule has 0 saturated carbocycles. The van der Waals surface area contributed by atoms with Crippen molar-refractivity contribution in [1.82, 2.24) is 0 Å².